The summed E-state index contributed by atoms with van der Waals surface area (Å²) >= 11 is 0. The number of hydrogen-bond donors (Lipinski definition) is 0. The second-order valence-electron chi connectivity index (χ2n) is 5.84. The summed E-state index contributed by atoms with van der Waals surface area (Å²) < 4.78 is 0. The standard InChI is InChI=1S/C18H21N3O/c22-18(16-9-12-19-13-10-16)21(17-8-4-5-11-20-17)14-15-6-2-1-3-7-15/h4-5,8-13,15H,1-3,6-7,14H2. The van der Waals surface area contributed by atoms with Gasteiger partial charge in [-0.15, -0.1) is 0 Å². The molecule has 0 N–H and O–H groups in total. The third-order valence-electron chi connectivity index (χ3n) is 4.26. The molecule has 114 valence electrons. The van der Waals surface area contributed by atoms with Crippen molar-refractivity contribution in [2.45, 2.75) is 32.1 Å². The van der Waals surface area contributed by atoms with Crippen molar-refractivity contribution in [2.75, 3.05) is 11.4 Å². The molecular formula is C18H21N3O. The lowest BCUT2D eigenvalue weighted by Crippen LogP contribution is -2.36. The second-order valence-corrected chi connectivity index (χ2v) is 5.84. The van der Waals surface area contributed by atoms with Crippen molar-refractivity contribution >= 4 is 11.7 Å². The summed E-state index contributed by atoms with van der Waals surface area (Å²) in [4.78, 5) is 23.1. The van der Waals surface area contributed by atoms with Crippen molar-refractivity contribution in [1.82, 2.24) is 9.97 Å². The number of pyridine rings is 2. The van der Waals surface area contributed by atoms with Gasteiger partial charge in [-0.3, -0.25) is 14.7 Å². The SMILES string of the molecule is O=C(c1ccncc1)N(CC1CCCCC1)c1ccccn1. The number of anilines is 1. The molecule has 4 heteroatoms. The van der Waals surface area contributed by atoms with E-state index < -0.39 is 0 Å². The highest BCUT2D eigenvalue weighted by atomic mass is 16.2. The maximum absolute atomic E-state index is 12.9. The van der Waals surface area contributed by atoms with E-state index in [-0.39, 0.29) is 5.91 Å². The Balaban J connectivity index is 1.84. The van der Waals surface area contributed by atoms with Gasteiger partial charge in [-0.2, -0.15) is 0 Å². The molecule has 1 saturated carbocycles. The Bertz CT molecular complexity index is 594. The Morgan fingerprint density at radius 3 is 2.50 bits per heavy atom. The van der Waals surface area contributed by atoms with E-state index in [1.807, 2.05) is 23.1 Å². The van der Waals surface area contributed by atoms with Crippen LogP contribution in [0.4, 0.5) is 5.82 Å². The molecule has 0 aromatic carbocycles. The van der Waals surface area contributed by atoms with Gasteiger partial charge in [0.25, 0.3) is 5.91 Å². The van der Waals surface area contributed by atoms with E-state index in [0.29, 0.717) is 11.5 Å². The zero-order chi connectivity index (χ0) is 15.2. The van der Waals surface area contributed by atoms with Gasteiger partial charge in [0.1, 0.15) is 5.82 Å². The Hall–Kier alpha value is -2.23. The first-order valence-corrected chi connectivity index (χ1v) is 7.97. The van der Waals surface area contributed by atoms with Crippen LogP contribution < -0.4 is 4.90 Å². The molecule has 1 aliphatic carbocycles. The number of nitrogens with zero attached hydrogens (tertiary/aromatic N) is 3. The molecule has 0 spiro atoms. The summed E-state index contributed by atoms with van der Waals surface area (Å²) in [5.41, 5.74) is 0.663. The van der Waals surface area contributed by atoms with Crippen LogP contribution in [0.5, 0.6) is 0 Å². The largest absolute Gasteiger partial charge is 0.292 e. The van der Waals surface area contributed by atoms with E-state index in [1.54, 1.807) is 30.7 Å². The maximum atomic E-state index is 12.9. The van der Waals surface area contributed by atoms with Crippen LogP contribution in [0.15, 0.2) is 48.9 Å². The van der Waals surface area contributed by atoms with Gasteiger partial charge in [-0.25, -0.2) is 4.98 Å². The van der Waals surface area contributed by atoms with Crippen molar-refractivity contribution in [2.24, 2.45) is 5.92 Å². The van der Waals surface area contributed by atoms with Crippen molar-refractivity contribution in [3.8, 4) is 0 Å². The molecular weight excluding hydrogens is 274 g/mol. The molecule has 1 fully saturated rings. The van der Waals surface area contributed by atoms with Crippen molar-refractivity contribution in [1.29, 1.82) is 0 Å². The molecule has 1 aliphatic rings. The van der Waals surface area contributed by atoms with Crippen LogP contribution >= 0.6 is 0 Å². The normalized spacial score (nSPS) is 15.5. The van der Waals surface area contributed by atoms with E-state index >= 15 is 0 Å². The average molecular weight is 295 g/mol. The first-order valence-electron chi connectivity index (χ1n) is 7.97. The Kier molecular flexibility index (Phi) is 4.78. The predicted octanol–water partition coefficient (Wildman–Crippen LogP) is 3.70. The fourth-order valence-electron chi connectivity index (χ4n) is 3.07. The van der Waals surface area contributed by atoms with Crippen LogP contribution in [-0.2, 0) is 0 Å². The lowest BCUT2D eigenvalue weighted by atomic mass is 9.89. The van der Waals surface area contributed by atoms with Crippen LogP contribution in [0.1, 0.15) is 42.5 Å². The van der Waals surface area contributed by atoms with Crippen molar-refractivity contribution < 1.29 is 4.79 Å². The summed E-state index contributed by atoms with van der Waals surface area (Å²) in [7, 11) is 0. The lowest BCUT2D eigenvalue weighted by Gasteiger charge is -2.29. The number of rotatable bonds is 4. The summed E-state index contributed by atoms with van der Waals surface area (Å²) in [5, 5.41) is 0. The van der Waals surface area contributed by atoms with Gasteiger partial charge in [0, 0.05) is 30.7 Å². The molecule has 0 unspecified atom stereocenters. The van der Waals surface area contributed by atoms with Gasteiger partial charge in [0.2, 0.25) is 0 Å². The van der Waals surface area contributed by atoms with Crippen molar-refractivity contribution in [3.05, 3.63) is 54.5 Å². The molecule has 22 heavy (non-hydrogen) atoms. The smallest absolute Gasteiger partial charge is 0.259 e. The zero-order valence-corrected chi connectivity index (χ0v) is 12.7. The van der Waals surface area contributed by atoms with Gasteiger partial charge in [-0.05, 0) is 43.0 Å². The Morgan fingerprint density at radius 2 is 1.82 bits per heavy atom. The van der Waals surface area contributed by atoms with Gasteiger partial charge in [0.05, 0.1) is 0 Å². The molecule has 0 radical (unpaired) electrons. The van der Waals surface area contributed by atoms with E-state index in [9.17, 15) is 4.79 Å². The minimum Gasteiger partial charge on any atom is -0.292 e. The minimum absolute atomic E-state index is 0.00618. The molecule has 0 aliphatic heterocycles. The van der Waals surface area contributed by atoms with Crippen LogP contribution in [0.3, 0.4) is 0 Å². The van der Waals surface area contributed by atoms with Crippen LogP contribution in [-0.4, -0.2) is 22.4 Å². The summed E-state index contributed by atoms with van der Waals surface area (Å²) in [5.74, 6) is 1.31. The monoisotopic (exact) mass is 295 g/mol. The van der Waals surface area contributed by atoms with Gasteiger partial charge in [-0.1, -0.05) is 25.3 Å². The molecule has 2 heterocycles. The highest BCUT2D eigenvalue weighted by Gasteiger charge is 2.23. The predicted molar refractivity (Wildman–Crippen MR) is 86.7 cm³/mol. The molecule has 0 saturated heterocycles. The van der Waals surface area contributed by atoms with E-state index in [0.717, 1.165) is 12.4 Å². The first-order chi connectivity index (χ1) is 10.8. The van der Waals surface area contributed by atoms with Gasteiger partial charge in [0.15, 0.2) is 0 Å². The summed E-state index contributed by atoms with van der Waals surface area (Å²) in [6.07, 6.45) is 11.3. The fraction of sp³-hybridized carbons (Fsp3) is 0.389. The van der Waals surface area contributed by atoms with E-state index in [2.05, 4.69) is 9.97 Å². The van der Waals surface area contributed by atoms with E-state index in [1.165, 1.54) is 32.1 Å². The second kappa shape index (κ2) is 7.16. The quantitative estimate of drug-likeness (QED) is 0.864. The zero-order valence-electron chi connectivity index (χ0n) is 12.7. The summed E-state index contributed by atoms with van der Waals surface area (Å²) in [6.45, 7) is 0.748. The van der Waals surface area contributed by atoms with Crippen LogP contribution in [0.2, 0.25) is 0 Å². The van der Waals surface area contributed by atoms with Crippen LogP contribution in [0, 0.1) is 5.92 Å². The highest BCUT2D eigenvalue weighted by molar-refractivity contribution is 6.05. The summed E-state index contributed by atoms with van der Waals surface area (Å²) in [6, 6.07) is 9.23. The number of amides is 1. The number of carbonyl (C=O) groups is 1. The van der Waals surface area contributed by atoms with Gasteiger partial charge < -0.3 is 0 Å². The molecule has 1 amide bonds. The average Bonchev–Trinajstić information content (AvgIpc) is 2.61. The topological polar surface area (TPSA) is 46.1 Å². The first kappa shape index (κ1) is 14.7. The molecule has 3 rings (SSSR count). The van der Waals surface area contributed by atoms with Crippen LogP contribution in [0.25, 0.3) is 0 Å². The number of hydrogen-bond acceptors (Lipinski definition) is 3. The third-order valence-corrected chi connectivity index (χ3v) is 4.26. The Labute approximate surface area is 131 Å². The highest BCUT2D eigenvalue weighted by Crippen LogP contribution is 2.26. The Morgan fingerprint density at radius 1 is 1.05 bits per heavy atom. The fourth-order valence-corrected chi connectivity index (χ4v) is 3.07. The number of aromatic nitrogens is 2. The van der Waals surface area contributed by atoms with Crippen molar-refractivity contribution in [3.63, 3.8) is 0 Å². The molecule has 0 bridgehead atoms. The minimum atomic E-state index is 0.00618. The lowest BCUT2D eigenvalue weighted by molar-refractivity contribution is 0.0979. The third kappa shape index (κ3) is 3.50. The molecule has 2 aromatic rings. The van der Waals surface area contributed by atoms with Gasteiger partial charge >= 0.3 is 0 Å². The number of carbonyl (C=O) groups excluding carboxylic acids is 1. The molecule has 0 atom stereocenters. The maximum Gasteiger partial charge on any atom is 0.259 e. The molecule has 4 nitrogen and oxygen atoms in total. The molecule has 2 aromatic heterocycles. The van der Waals surface area contributed by atoms with E-state index in [4.69, 9.17) is 0 Å².